The summed E-state index contributed by atoms with van der Waals surface area (Å²) in [6, 6.07) is 2.00. The second-order valence-corrected chi connectivity index (χ2v) is 7.98. The Labute approximate surface area is 138 Å². The second kappa shape index (κ2) is 6.05. The molecule has 0 aliphatic heterocycles. The quantitative estimate of drug-likeness (QED) is 0.702. The fourth-order valence-electron chi connectivity index (χ4n) is 1.72. The number of halogens is 2. The van der Waals surface area contributed by atoms with Crippen molar-refractivity contribution in [3.05, 3.63) is 35.0 Å². The van der Waals surface area contributed by atoms with Gasteiger partial charge in [-0.15, -0.1) is 11.3 Å². The molecule has 0 aliphatic rings. The van der Waals surface area contributed by atoms with Crippen molar-refractivity contribution in [2.24, 2.45) is 5.92 Å². The van der Waals surface area contributed by atoms with Gasteiger partial charge < -0.3 is 4.98 Å². The number of H-pyrrole nitrogens is 1. The molecule has 2 aromatic heterocycles. The highest BCUT2D eigenvalue weighted by Gasteiger charge is 2.13. The zero-order valence-corrected chi connectivity index (χ0v) is 15.4. The summed E-state index contributed by atoms with van der Waals surface area (Å²) < 4.78 is 1.75. The fourth-order valence-corrected chi connectivity index (χ4v) is 3.68. The largest absolute Gasteiger partial charge is 0.305 e. The van der Waals surface area contributed by atoms with Crippen molar-refractivity contribution in [3.63, 3.8) is 0 Å². The number of hydrogen-bond acceptors (Lipinski definition) is 3. The van der Waals surface area contributed by atoms with E-state index in [0.717, 1.165) is 21.5 Å². The van der Waals surface area contributed by atoms with Crippen LogP contribution in [-0.2, 0) is 6.42 Å². The summed E-state index contributed by atoms with van der Waals surface area (Å²) in [7, 11) is 0. The summed E-state index contributed by atoms with van der Waals surface area (Å²) in [6.07, 6.45) is 0.820. The SMILES string of the molecule is Cc1sc(-c2nc(CC(C)C)c(I)c(=O)[nH]2)cc1Br. The minimum absolute atomic E-state index is 0.0524. The van der Waals surface area contributed by atoms with Crippen molar-refractivity contribution in [2.75, 3.05) is 0 Å². The Morgan fingerprint density at radius 2 is 2.21 bits per heavy atom. The van der Waals surface area contributed by atoms with E-state index in [-0.39, 0.29) is 5.56 Å². The lowest BCUT2D eigenvalue weighted by molar-refractivity contribution is 0.631. The topological polar surface area (TPSA) is 45.8 Å². The molecule has 2 aromatic rings. The molecule has 2 heterocycles. The molecule has 0 atom stereocenters. The van der Waals surface area contributed by atoms with Crippen LogP contribution in [0.15, 0.2) is 15.3 Å². The molecule has 0 saturated heterocycles. The second-order valence-electron chi connectivity index (χ2n) is 4.79. The minimum Gasteiger partial charge on any atom is -0.305 e. The Bertz CT molecular complexity index is 644. The molecule has 0 unspecified atom stereocenters. The lowest BCUT2D eigenvalue weighted by Crippen LogP contribution is -2.17. The minimum atomic E-state index is -0.0524. The van der Waals surface area contributed by atoms with Gasteiger partial charge in [0.15, 0.2) is 5.82 Å². The van der Waals surface area contributed by atoms with Crippen molar-refractivity contribution >= 4 is 49.9 Å². The third-order valence-electron chi connectivity index (χ3n) is 2.62. The summed E-state index contributed by atoms with van der Waals surface area (Å²) in [6.45, 7) is 6.30. The number of nitrogens with zero attached hydrogens (tertiary/aromatic N) is 1. The molecule has 3 nitrogen and oxygen atoms in total. The number of aryl methyl sites for hydroxylation is 1. The van der Waals surface area contributed by atoms with E-state index in [4.69, 9.17) is 0 Å². The normalized spacial score (nSPS) is 11.3. The van der Waals surface area contributed by atoms with Crippen molar-refractivity contribution in [1.29, 1.82) is 0 Å². The average Bonchev–Trinajstić information content (AvgIpc) is 2.65. The van der Waals surface area contributed by atoms with Crippen LogP contribution in [0, 0.1) is 16.4 Å². The van der Waals surface area contributed by atoms with E-state index in [1.807, 2.05) is 13.0 Å². The molecule has 0 aromatic carbocycles. The molecule has 1 N–H and O–H groups in total. The van der Waals surface area contributed by atoms with Gasteiger partial charge in [0.05, 0.1) is 14.1 Å². The number of aromatic amines is 1. The van der Waals surface area contributed by atoms with Crippen LogP contribution in [0.1, 0.15) is 24.4 Å². The maximum absolute atomic E-state index is 12.0. The summed E-state index contributed by atoms with van der Waals surface area (Å²) in [5.41, 5.74) is 0.833. The summed E-state index contributed by atoms with van der Waals surface area (Å²) >= 11 is 7.20. The predicted molar refractivity (Wildman–Crippen MR) is 91.9 cm³/mol. The maximum atomic E-state index is 12.0. The summed E-state index contributed by atoms with van der Waals surface area (Å²) in [4.78, 5) is 21.7. The number of aromatic nitrogens is 2. The van der Waals surface area contributed by atoms with Gasteiger partial charge in [-0.3, -0.25) is 4.79 Å². The Hall–Kier alpha value is -0.210. The van der Waals surface area contributed by atoms with E-state index in [9.17, 15) is 4.79 Å². The van der Waals surface area contributed by atoms with E-state index >= 15 is 0 Å². The van der Waals surface area contributed by atoms with Crippen LogP contribution in [0.2, 0.25) is 0 Å². The highest BCUT2D eigenvalue weighted by molar-refractivity contribution is 14.1. The van der Waals surface area contributed by atoms with Gasteiger partial charge in [0.2, 0.25) is 0 Å². The van der Waals surface area contributed by atoms with Crippen LogP contribution >= 0.6 is 49.9 Å². The molecular weight excluding hydrogens is 439 g/mol. The average molecular weight is 453 g/mol. The third kappa shape index (κ3) is 3.46. The van der Waals surface area contributed by atoms with Crippen LogP contribution in [0.4, 0.5) is 0 Å². The first-order valence-electron chi connectivity index (χ1n) is 5.93. The lowest BCUT2D eigenvalue weighted by atomic mass is 10.1. The van der Waals surface area contributed by atoms with Gasteiger partial charge in [-0.25, -0.2) is 4.98 Å². The smallest absolute Gasteiger partial charge is 0.264 e. The molecule has 0 saturated carbocycles. The number of nitrogens with one attached hydrogen (secondary N) is 1. The molecular formula is C13H14BrIN2OS. The van der Waals surface area contributed by atoms with Crippen LogP contribution in [0.5, 0.6) is 0 Å². The first-order valence-corrected chi connectivity index (χ1v) is 8.62. The van der Waals surface area contributed by atoms with Gasteiger partial charge >= 0.3 is 0 Å². The number of thiophene rings is 1. The molecule has 102 valence electrons. The van der Waals surface area contributed by atoms with Crippen LogP contribution in [0.3, 0.4) is 0 Å². The Balaban J connectivity index is 2.53. The van der Waals surface area contributed by atoms with E-state index in [1.54, 1.807) is 11.3 Å². The van der Waals surface area contributed by atoms with Crippen molar-refractivity contribution in [3.8, 4) is 10.7 Å². The zero-order chi connectivity index (χ0) is 14.2. The lowest BCUT2D eigenvalue weighted by Gasteiger charge is -2.07. The van der Waals surface area contributed by atoms with E-state index in [2.05, 4.69) is 62.3 Å². The van der Waals surface area contributed by atoms with Gasteiger partial charge in [-0.2, -0.15) is 0 Å². The molecule has 0 spiro atoms. The van der Waals surface area contributed by atoms with Gasteiger partial charge in [-0.1, -0.05) is 13.8 Å². The molecule has 0 radical (unpaired) electrons. The van der Waals surface area contributed by atoms with Crippen molar-refractivity contribution in [2.45, 2.75) is 27.2 Å². The molecule has 0 bridgehead atoms. The van der Waals surface area contributed by atoms with Crippen LogP contribution in [-0.4, -0.2) is 9.97 Å². The standard InChI is InChI=1S/C13H14BrIN2OS/c1-6(2)4-9-11(15)13(18)17-12(16-9)10-5-8(14)7(3)19-10/h5-6H,4H2,1-3H3,(H,16,17,18). The molecule has 19 heavy (non-hydrogen) atoms. The predicted octanol–water partition coefficient (Wildman–Crippen LogP) is 4.37. The van der Waals surface area contributed by atoms with Crippen LogP contribution in [0.25, 0.3) is 10.7 Å². The first-order chi connectivity index (χ1) is 8.88. The Morgan fingerprint density at radius 1 is 1.53 bits per heavy atom. The van der Waals surface area contributed by atoms with E-state index in [0.29, 0.717) is 15.3 Å². The van der Waals surface area contributed by atoms with Gasteiger partial charge in [0.1, 0.15) is 0 Å². The summed E-state index contributed by atoms with van der Waals surface area (Å²) in [5.74, 6) is 1.15. The number of rotatable bonds is 3. The fraction of sp³-hybridized carbons (Fsp3) is 0.385. The molecule has 0 fully saturated rings. The molecule has 0 aliphatic carbocycles. The summed E-state index contributed by atoms with van der Waals surface area (Å²) in [5, 5.41) is 0. The van der Waals surface area contributed by atoms with E-state index in [1.165, 1.54) is 4.88 Å². The van der Waals surface area contributed by atoms with Gasteiger partial charge in [0, 0.05) is 9.35 Å². The third-order valence-corrected chi connectivity index (χ3v) is 5.88. The van der Waals surface area contributed by atoms with Gasteiger partial charge in [-0.05, 0) is 63.8 Å². The zero-order valence-electron chi connectivity index (χ0n) is 10.9. The first kappa shape index (κ1) is 15.2. The van der Waals surface area contributed by atoms with Crippen molar-refractivity contribution in [1.82, 2.24) is 9.97 Å². The maximum Gasteiger partial charge on any atom is 0.264 e. The Kier molecular flexibility index (Phi) is 4.84. The highest BCUT2D eigenvalue weighted by atomic mass is 127. The monoisotopic (exact) mass is 452 g/mol. The van der Waals surface area contributed by atoms with Gasteiger partial charge in [0.25, 0.3) is 5.56 Å². The molecule has 2 rings (SSSR count). The highest BCUT2D eigenvalue weighted by Crippen LogP contribution is 2.32. The molecule has 0 amide bonds. The molecule has 6 heteroatoms. The van der Waals surface area contributed by atoms with Crippen LogP contribution < -0.4 is 5.56 Å². The van der Waals surface area contributed by atoms with E-state index < -0.39 is 0 Å². The van der Waals surface area contributed by atoms with Crippen molar-refractivity contribution < 1.29 is 0 Å². The Morgan fingerprint density at radius 3 is 2.74 bits per heavy atom. The number of hydrogen-bond donors (Lipinski definition) is 1.